The third-order valence-electron chi connectivity index (χ3n) is 3.04. The Bertz CT molecular complexity index is 764. The van der Waals surface area contributed by atoms with E-state index in [-0.39, 0.29) is 11.3 Å². The van der Waals surface area contributed by atoms with Crippen molar-refractivity contribution in [3.8, 4) is 11.5 Å². The molecule has 0 aliphatic heterocycles. The lowest BCUT2D eigenvalue weighted by Crippen LogP contribution is -2.08. The van der Waals surface area contributed by atoms with E-state index >= 15 is 0 Å². The summed E-state index contributed by atoms with van der Waals surface area (Å²) in [7, 11) is 0. The van der Waals surface area contributed by atoms with Gasteiger partial charge in [0.05, 0.1) is 0 Å². The van der Waals surface area contributed by atoms with Crippen molar-refractivity contribution in [3.63, 3.8) is 0 Å². The van der Waals surface area contributed by atoms with Crippen LogP contribution in [0.2, 0.25) is 0 Å². The molecule has 0 heterocycles. The molecule has 0 atom stereocenters. The van der Waals surface area contributed by atoms with E-state index in [4.69, 9.17) is 4.74 Å². The molecule has 0 saturated heterocycles. The number of aromatic hydroxyl groups is 1. The zero-order valence-corrected chi connectivity index (χ0v) is 10.6. The zero-order valence-electron chi connectivity index (χ0n) is 10.6. The molecule has 0 bridgehead atoms. The van der Waals surface area contributed by atoms with E-state index in [0.717, 1.165) is 10.8 Å². The lowest BCUT2D eigenvalue weighted by molar-refractivity contribution is 0.0732. The van der Waals surface area contributed by atoms with Gasteiger partial charge in [0, 0.05) is 0 Å². The Labute approximate surface area is 116 Å². The van der Waals surface area contributed by atoms with Gasteiger partial charge in [0.2, 0.25) is 0 Å². The highest BCUT2D eigenvalue weighted by Crippen LogP contribution is 2.26. The lowest BCUT2D eigenvalue weighted by atomic mass is 10.1. The third-order valence-corrected chi connectivity index (χ3v) is 3.04. The first kappa shape index (κ1) is 12.2. The molecule has 0 unspecified atom stereocenters. The van der Waals surface area contributed by atoms with Crippen LogP contribution in [0.25, 0.3) is 10.8 Å². The van der Waals surface area contributed by atoms with Gasteiger partial charge in [-0.3, -0.25) is 0 Å². The van der Waals surface area contributed by atoms with Crippen LogP contribution < -0.4 is 4.74 Å². The molecular weight excluding hydrogens is 252 g/mol. The first-order valence-electron chi connectivity index (χ1n) is 6.23. The van der Waals surface area contributed by atoms with Crippen molar-refractivity contribution in [2.75, 3.05) is 0 Å². The van der Waals surface area contributed by atoms with Gasteiger partial charge in [0.25, 0.3) is 0 Å². The van der Waals surface area contributed by atoms with Crippen LogP contribution in [-0.2, 0) is 0 Å². The maximum Gasteiger partial charge on any atom is 0.347 e. The van der Waals surface area contributed by atoms with E-state index in [1.54, 1.807) is 36.4 Å². The van der Waals surface area contributed by atoms with Gasteiger partial charge in [0.15, 0.2) is 0 Å². The minimum absolute atomic E-state index is 0.0790. The van der Waals surface area contributed by atoms with Crippen molar-refractivity contribution < 1.29 is 14.6 Å². The monoisotopic (exact) mass is 264 g/mol. The summed E-state index contributed by atoms with van der Waals surface area (Å²) in [6.45, 7) is 0. The van der Waals surface area contributed by atoms with Gasteiger partial charge in [-0.2, -0.15) is 0 Å². The SMILES string of the molecule is O=C(Oc1ccccc1)c1cc2ccccc2cc1O. The van der Waals surface area contributed by atoms with E-state index in [1.807, 2.05) is 30.3 Å². The second-order valence-corrected chi connectivity index (χ2v) is 4.42. The van der Waals surface area contributed by atoms with Gasteiger partial charge in [0.1, 0.15) is 17.1 Å². The number of fused-ring (bicyclic) bond motifs is 1. The smallest absolute Gasteiger partial charge is 0.347 e. The summed E-state index contributed by atoms with van der Waals surface area (Å²) >= 11 is 0. The highest BCUT2D eigenvalue weighted by molar-refractivity contribution is 5.99. The van der Waals surface area contributed by atoms with Crippen LogP contribution in [0.4, 0.5) is 0 Å². The van der Waals surface area contributed by atoms with E-state index in [0.29, 0.717) is 5.75 Å². The normalized spacial score (nSPS) is 10.4. The van der Waals surface area contributed by atoms with Crippen LogP contribution in [0.1, 0.15) is 10.4 Å². The van der Waals surface area contributed by atoms with Crippen molar-refractivity contribution in [1.82, 2.24) is 0 Å². The lowest BCUT2D eigenvalue weighted by Gasteiger charge is -2.07. The quantitative estimate of drug-likeness (QED) is 0.566. The predicted octanol–water partition coefficient (Wildman–Crippen LogP) is 3.76. The fourth-order valence-corrected chi connectivity index (χ4v) is 2.04. The largest absolute Gasteiger partial charge is 0.507 e. The Morgan fingerprint density at radius 1 is 0.850 bits per heavy atom. The van der Waals surface area contributed by atoms with Crippen molar-refractivity contribution >= 4 is 16.7 Å². The van der Waals surface area contributed by atoms with Crippen LogP contribution in [-0.4, -0.2) is 11.1 Å². The van der Waals surface area contributed by atoms with Gasteiger partial charge in [-0.15, -0.1) is 0 Å². The molecule has 0 aromatic heterocycles. The molecule has 0 spiro atoms. The van der Waals surface area contributed by atoms with Crippen LogP contribution in [0.15, 0.2) is 66.7 Å². The molecule has 0 radical (unpaired) electrons. The molecule has 3 rings (SSSR count). The Morgan fingerprint density at radius 3 is 2.15 bits per heavy atom. The van der Waals surface area contributed by atoms with E-state index in [9.17, 15) is 9.90 Å². The average Bonchev–Trinajstić information content (AvgIpc) is 2.47. The molecule has 98 valence electrons. The van der Waals surface area contributed by atoms with Gasteiger partial charge >= 0.3 is 5.97 Å². The molecule has 0 aliphatic rings. The number of esters is 1. The molecule has 0 saturated carbocycles. The molecule has 3 heteroatoms. The molecule has 1 N–H and O–H groups in total. The summed E-state index contributed by atoms with van der Waals surface area (Å²) in [5.41, 5.74) is 0.160. The molecule has 0 aliphatic carbocycles. The number of carbonyl (C=O) groups is 1. The molecule has 0 amide bonds. The van der Waals surface area contributed by atoms with Crippen molar-refractivity contribution in [3.05, 3.63) is 72.3 Å². The van der Waals surface area contributed by atoms with Crippen LogP contribution in [0.5, 0.6) is 11.5 Å². The highest BCUT2D eigenvalue weighted by atomic mass is 16.5. The van der Waals surface area contributed by atoms with E-state index in [1.165, 1.54) is 0 Å². The van der Waals surface area contributed by atoms with E-state index < -0.39 is 5.97 Å². The van der Waals surface area contributed by atoms with Gasteiger partial charge < -0.3 is 9.84 Å². The maximum atomic E-state index is 12.1. The second-order valence-electron chi connectivity index (χ2n) is 4.42. The number of ether oxygens (including phenoxy) is 1. The van der Waals surface area contributed by atoms with Crippen LogP contribution >= 0.6 is 0 Å². The minimum Gasteiger partial charge on any atom is -0.507 e. The Hall–Kier alpha value is -2.81. The Morgan fingerprint density at radius 2 is 1.45 bits per heavy atom. The van der Waals surface area contributed by atoms with Crippen LogP contribution in [0.3, 0.4) is 0 Å². The molecular formula is C17H12O3. The van der Waals surface area contributed by atoms with Gasteiger partial charge in [-0.25, -0.2) is 4.79 Å². The summed E-state index contributed by atoms with van der Waals surface area (Å²) in [4.78, 5) is 12.1. The number of hydrogen-bond donors (Lipinski definition) is 1. The summed E-state index contributed by atoms with van der Waals surface area (Å²) < 4.78 is 5.23. The predicted molar refractivity (Wildman–Crippen MR) is 77.0 cm³/mol. The van der Waals surface area contributed by atoms with Crippen molar-refractivity contribution in [2.24, 2.45) is 0 Å². The van der Waals surface area contributed by atoms with Crippen molar-refractivity contribution in [1.29, 1.82) is 0 Å². The average molecular weight is 264 g/mol. The van der Waals surface area contributed by atoms with Gasteiger partial charge in [-0.1, -0.05) is 42.5 Å². The first-order chi connectivity index (χ1) is 9.74. The Balaban J connectivity index is 1.97. The number of phenolic OH excluding ortho intramolecular Hbond substituents is 1. The zero-order chi connectivity index (χ0) is 13.9. The molecule has 20 heavy (non-hydrogen) atoms. The fourth-order valence-electron chi connectivity index (χ4n) is 2.04. The molecule has 3 aromatic carbocycles. The number of phenols is 1. The number of carbonyl (C=O) groups excluding carboxylic acids is 1. The molecule has 0 fully saturated rings. The van der Waals surface area contributed by atoms with Crippen LogP contribution in [0, 0.1) is 0 Å². The number of rotatable bonds is 2. The first-order valence-corrected chi connectivity index (χ1v) is 6.23. The minimum atomic E-state index is -0.570. The summed E-state index contributed by atoms with van der Waals surface area (Å²) in [5.74, 6) is -0.200. The topological polar surface area (TPSA) is 46.5 Å². The van der Waals surface area contributed by atoms with Crippen molar-refractivity contribution in [2.45, 2.75) is 0 Å². The standard InChI is InChI=1S/C17H12O3/c18-16-11-13-7-5-4-6-12(13)10-15(16)17(19)20-14-8-2-1-3-9-14/h1-11,18H. The fraction of sp³-hybridized carbons (Fsp3) is 0. The third kappa shape index (κ3) is 2.34. The molecule has 3 nitrogen and oxygen atoms in total. The summed E-state index contributed by atoms with van der Waals surface area (Å²) in [5, 5.41) is 11.7. The van der Waals surface area contributed by atoms with Gasteiger partial charge in [-0.05, 0) is 35.0 Å². The highest BCUT2D eigenvalue weighted by Gasteiger charge is 2.14. The summed E-state index contributed by atoms with van der Waals surface area (Å²) in [6, 6.07) is 19.5. The second kappa shape index (κ2) is 5.05. The number of benzene rings is 3. The number of hydrogen-bond acceptors (Lipinski definition) is 3. The number of para-hydroxylation sites is 1. The molecule has 3 aromatic rings. The summed E-state index contributed by atoms with van der Waals surface area (Å²) in [6.07, 6.45) is 0. The van der Waals surface area contributed by atoms with E-state index in [2.05, 4.69) is 0 Å². The maximum absolute atomic E-state index is 12.1. The Kier molecular flexibility index (Phi) is 3.09.